The molecule has 15 heteroatoms. The van der Waals surface area contributed by atoms with Crippen molar-refractivity contribution >= 4 is 134 Å². The predicted molar refractivity (Wildman–Crippen MR) is 376 cm³/mol. The smallest absolute Gasteiger partial charge is 0.125 e. The van der Waals surface area contributed by atoms with Crippen molar-refractivity contribution in [1.29, 1.82) is 10.5 Å². The molecule has 4 nitrogen and oxygen atoms in total. The summed E-state index contributed by atoms with van der Waals surface area (Å²) < 4.78 is 2.72. The third-order valence-corrected chi connectivity index (χ3v) is 30.1. The van der Waals surface area contributed by atoms with Gasteiger partial charge in [-0.05, 0) is 208 Å². The summed E-state index contributed by atoms with van der Waals surface area (Å²) in [5, 5.41) is 30.4. The zero-order valence-corrected chi connectivity index (χ0v) is 57.3. The summed E-state index contributed by atoms with van der Waals surface area (Å²) >= 11 is 18.7. The van der Waals surface area contributed by atoms with Crippen LogP contribution in [0.2, 0.25) is 25.7 Å². The van der Waals surface area contributed by atoms with Crippen molar-refractivity contribution in [2.45, 2.75) is 95.9 Å². The lowest BCUT2D eigenvalue weighted by Crippen LogP contribution is -2.19. The van der Waals surface area contributed by atoms with Crippen molar-refractivity contribution in [3.05, 3.63) is 164 Å². The number of thiophene rings is 8. The Kier molecular flexibility index (Phi) is 17.8. The number of hydrogen-bond acceptors (Lipinski definition) is 14. The van der Waals surface area contributed by atoms with E-state index in [1.807, 2.05) is 122 Å². The van der Waals surface area contributed by atoms with Gasteiger partial charge in [0, 0.05) is 94.8 Å². The molecule has 0 saturated carbocycles. The van der Waals surface area contributed by atoms with E-state index in [-0.39, 0.29) is 5.75 Å². The highest BCUT2D eigenvalue weighted by atomic mass is 32.2. The van der Waals surface area contributed by atoms with Crippen LogP contribution in [-0.2, 0) is 0 Å². The molecule has 9 heterocycles. The minimum absolute atomic E-state index is 0.167. The van der Waals surface area contributed by atoms with Gasteiger partial charge in [0.25, 0.3) is 0 Å². The maximum absolute atomic E-state index is 11.9. The van der Waals surface area contributed by atoms with Crippen molar-refractivity contribution in [3.63, 3.8) is 0 Å². The Morgan fingerprint density at radius 2 is 0.928 bits per heavy atom. The quantitative estimate of drug-likeness (QED) is 0.0399. The molecule has 0 radical (unpaired) electrons. The fraction of sp³-hybridized carbons (Fsp3) is 0.221. The standard InChI is InChI=1S/C68H61N3OS10Si/c1-37-28-53(63-39(3)30-55(78-63)65-41(5)32-57(80-65)67-43(7)34-59(82-67)73-24-12-23-69)76-61(37)50-21-20-48(60(71-50)49-35-46(19-22-51(49)72)16-13-45-14-17-47(36-70)18-15-45)52-27-38(2)62(75-52)54-29-40(4)64(77-54)56-31-42(6)66(79-56)58-33-44(8)68(81-58)74-25-26-83(9,10)11/h13-22,27-35,72H,12,24-26H2,1-11H3/b16-13+. The Bertz CT molecular complexity index is 4350. The minimum Gasteiger partial charge on any atom is -0.507 e. The fourth-order valence-corrected chi connectivity index (χ4v) is 25.2. The highest BCUT2D eigenvalue weighted by molar-refractivity contribution is 8.01. The van der Waals surface area contributed by atoms with E-state index in [1.54, 1.807) is 40.5 Å². The average Bonchev–Trinajstić information content (AvgIpc) is 3.59. The number of nitrogens with zero attached hydrogens (tertiary/aromatic N) is 3. The van der Waals surface area contributed by atoms with Crippen LogP contribution in [0.3, 0.4) is 0 Å². The van der Waals surface area contributed by atoms with Gasteiger partial charge in [-0.25, -0.2) is 4.98 Å². The molecule has 0 bridgehead atoms. The molecule has 9 aromatic heterocycles. The first-order chi connectivity index (χ1) is 39.8. The molecule has 0 aliphatic carbocycles. The lowest BCUT2D eigenvalue weighted by molar-refractivity contribution is 0.477. The lowest BCUT2D eigenvalue weighted by Gasteiger charge is -2.14. The monoisotopic (exact) mass is 1280 g/mol. The Morgan fingerprint density at radius 3 is 1.47 bits per heavy atom. The number of rotatable bonds is 18. The predicted octanol–water partition coefficient (Wildman–Crippen LogP) is 24.2. The molecule has 11 rings (SSSR count). The molecule has 0 amide bonds. The third kappa shape index (κ3) is 12.9. The van der Waals surface area contributed by atoms with E-state index >= 15 is 0 Å². The molecule has 1 N–H and O–H groups in total. The van der Waals surface area contributed by atoms with E-state index in [0.717, 1.165) is 49.1 Å². The third-order valence-electron chi connectivity index (χ3n) is 14.3. The summed E-state index contributed by atoms with van der Waals surface area (Å²) in [6, 6.07) is 42.2. The number of pyridine rings is 1. The molecular weight excluding hydrogens is 1220 g/mol. The molecule has 11 aromatic rings. The van der Waals surface area contributed by atoms with Gasteiger partial charge in [-0.2, -0.15) is 10.5 Å². The van der Waals surface area contributed by atoms with Gasteiger partial charge < -0.3 is 5.11 Å². The van der Waals surface area contributed by atoms with E-state index in [2.05, 4.69) is 154 Å². The fourth-order valence-electron chi connectivity index (χ4n) is 9.90. The van der Waals surface area contributed by atoms with Crippen LogP contribution in [0.1, 0.15) is 67.6 Å². The topological polar surface area (TPSA) is 80.7 Å². The Balaban J connectivity index is 0.929. The molecule has 83 heavy (non-hydrogen) atoms. The highest BCUT2D eigenvalue weighted by Crippen LogP contribution is 2.53. The van der Waals surface area contributed by atoms with Crippen LogP contribution < -0.4 is 0 Å². The van der Waals surface area contributed by atoms with Gasteiger partial charge in [0.1, 0.15) is 5.75 Å². The molecule has 0 saturated heterocycles. The van der Waals surface area contributed by atoms with E-state index < -0.39 is 8.07 Å². The van der Waals surface area contributed by atoms with E-state index in [0.29, 0.717) is 17.5 Å². The Labute approximate surface area is 530 Å². The number of benzene rings is 2. The van der Waals surface area contributed by atoms with Gasteiger partial charge in [0.2, 0.25) is 0 Å². The number of aromatic hydroxyl groups is 1. The van der Waals surface area contributed by atoms with Crippen molar-refractivity contribution in [3.8, 4) is 109 Å². The van der Waals surface area contributed by atoms with Gasteiger partial charge in [-0.1, -0.05) is 50.0 Å². The summed E-state index contributed by atoms with van der Waals surface area (Å²) in [5.41, 5.74) is 16.0. The zero-order valence-electron chi connectivity index (χ0n) is 48.2. The molecule has 0 aliphatic rings. The second-order valence-corrected chi connectivity index (χ2v) is 39.0. The van der Waals surface area contributed by atoms with Gasteiger partial charge >= 0.3 is 0 Å². The van der Waals surface area contributed by atoms with E-state index in [1.165, 1.54) is 118 Å². The molecule has 0 aliphatic heterocycles. The highest BCUT2D eigenvalue weighted by Gasteiger charge is 2.25. The number of phenolic OH excluding ortho intramolecular Hbond substituents is 1. The maximum atomic E-state index is 11.9. The van der Waals surface area contributed by atoms with Crippen LogP contribution in [0.15, 0.2) is 112 Å². The number of aromatic nitrogens is 1. The number of nitriles is 2. The molecule has 2 aromatic carbocycles. The molecule has 0 spiro atoms. The normalized spacial score (nSPS) is 11.8. The van der Waals surface area contributed by atoms with Crippen molar-refractivity contribution in [1.82, 2.24) is 4.98 Å². The Hall–Kier alpha value is -5.37. The maximum Gasteiger partial charge on any atom is 0.125 e. The number of hydrogen-bond donors (Lipinski definition) is 1. The van der Waals surface area contributed by atoms with Crippen molar-refractivity contribution < 1.29 is 5.11 Å². The largest absolute Gasteiger partial charge is 0.507 e. The van der Waals surface area contributed by atoms with Gasteiger partial charge in [-0.15, -0.1) is 114 Å². The van der Waals surface area contributed by atoms with Crippen LogP contribution in [0.4, 0.5) is 0 Å². The van der Waals surface area contributed by atoms with Gasteiger partial charge in [0.05, 0.1) is 42.4 Å². The Morgan fingerprint density at radius 1 is 0.470 bits per heavy atom. The van der Waals surface area contributed by atoms with Gasteiger partial charge in [0.15, 0.2) is 0 Å². The minimum atomic E-state index is -1.09. The van der Waals surface area contributed by atoms with Gasteiger partial charge in [-0.3, -0.25) is 0 Å². The summed E-state index contributed by atoms with van der Waals surface area (Å²) in [5.74, 6) is 2.18. The van der Waals surface area contributed by atoms with Crippen LogP contribution >= 0.6 is 114 Å². The molecule has 0 atom stereocenters. The summed E-state index contributed by atoms with van der Waals surface area (Å²) in [4.78, 5) is 23.4. The number of aryl methyl sites for hydroxylation is 8. The van der Waals surface area contributed by atoms with Crippen molar-refractivity contribution in [2.75, 3.05) is 11.5 Å². The first-order valence-electron chi connectivity index (χ1n) is 27.3. The second-order valence-electron chi connectivity index (χ2n) is 22.2. The summed E-state index contributed by atoms with van der Waals surface area (Å²) in [7, 11) is -1.09. The van der Waals surface area contributed by atoms with E-state index in [9.17, 15) is 10.4 Å². The summed E-state index contributed by atoms with van der Waals surface area (Å²) in [6.07, 6.45) is 4.64. The molecular formula is C68H61N3OS10Si. The van der Waals surface area contributed by atoms with Crippen LogP contribution in [0, 0.1) is 78.1 Å². The number of thioether (sulfide) groups is 2. The first kappa shape index (κ1) is 59.4. The van der Waals surface area contributed by atoms with Crippen LogP contribution in [0.5, 0.6) is 5.75 Å². The molecule has 0 fully saturated rings. The molecule has 418 valence electrons. The zero-order chi connectivity index (χ0) is 58.4. The average molecular weight is 1290 g/mol. The first-order valence-corrected chi connectivity index (χ1v) is 39.5. The van der Waals surface area contributed by atoms with Crippen LogP contribution in [0.25, 0.3) is 103 Å². The lowest BCUT2D eigenvalue weighted by atomic mass is 9.99. The van der Waals surface area contributed by atoms with Crippen LogP contribution in [-0.4, -0.2) is 29.7 Å². The molecule has 0 unspecified atom stereocenters. The SMILES string of the molecule is Cc1cc(-c2sc(-c3sc(-c4sc(-c5ccc(-c6sc(-c7sc(-c8sc(-c9sc(SCCC#N)cc9C)cc8C)cc7C)cc6C)nc5-c5cc(/C=C/c6ccc(C#N)cc6)ccc5O)cc4C)cc3C)cc2C)sc1SCC[Si](C)(C)C. The summed E-state index contributed by atoms with van der Waals surface area (Å²) in [6.45, 7) is 25.2. The second kappa shape index (κ2) is 24.9. The van der Waals surface area contributed by atoms with Crippen molar-refractivity contribution in [2.24, 2.45) is 0 Å². The van der Waals surface area contributed by atoms with E-state index in [4.69, 9.17) is 10.2 Å². The number of phenols is 1.